The van der Waals surface area contributed by atoms with Crippen molar-refractivity contribution in [2.75, 3.05) is 6.61 Å². The van der Waals surface area contributed by atoms with Crippen molar-refractivity contribution in [3.05, 3.63) is 53.6 Å². The largest absolute Gasteiger partial charge is 0.491 e. The molecule has 1 aromatic carbocycles. The number of aliphatic carboxylic acids is 1. The molecule has 0 spiro atoms. The minimum atomic E-state index is -0.855. The van der Waals surface area contributed by atoms with Gasteiger partial charge in [0.2, 0.25) is 0 Å². The van der Waals surface area contributed by atoms with Gasteiger partial charge in [0, 0.05) is 23.8 Å². The van der Waals surface area contributed by atoms with E-state index in [2.05, 4.69) is 0 Å². The SMILES string of the molecule is O=C(O)CCCC=CC[C@@H]1[C@@H](C=C[C@@H](O)COc2cccc(Cl)c2)[C@H](O)C[C@@H]1O. The van der Waals surface area contributed by atoms with E-state index in [1.54, 1.807) is 36.4 Å². The molecule has 0 heterocycles. The molecule has 7 heteroatoms. The number of unbranched alkanes of at least 4 members (excludes halogenated alkanes) is 1. The number of benzene rings is 1. The number of carbonyl (C=O) groups is 1. The summed E-state index contributed by atoms with van der Waals surface area (Å²) in [7, 11) is 0. The third-order valence-corrected chi connectivity index (χ3v) is 5.26. The number of carboxylic acids is 1. The molecule has 1 fully saturated rings. The number of hydrogen-bond donors (Lipinski definition) is 4. The molecule has 0 bridgehead atoms. The molecule has 6 nitrogen and oxygen atoms in total. The van der Waals surface area contributed by atoms with E-state index in [0.29, 0.717) is 36.5 Å². The maximum absolute atomic E-state index is 10.5. The monoisotopic (exact) mass is 424 g/mol. The van der Waals surface area contributed by atoms with Crippen molar-refractivity contribution in [3.8, 4) is 5.75 Å². The van der Waals surface area contributed by atoms with Gasteiger partial charge in [-0.2, -0.15) is 0 Å². The second-order valence-corrected chi connectivity index (χ2v) is 7.76. The molecular weight excluding hydrogens is 396 g/mol. The van der Waals surface area contributed by atoms with Crippen LogP contribution in [-0.2, 0) is 4.79 Å². The van der Waals surface area contributed by atoms with E-state index in [1.165, 1.54) is 0 Å². The molecule has 1 aromatic rings. The first kappa shape index (κ1) is 23.4. The van der Waals surface area contributed by atoms with Crippen LogP contribution in [0.5, 0.6) is 5.75 Å². The molecule has 1 aliphatic carbocycles. The zero-order valence-corrected chi connectivity index (χ0v) is 17.0. The van der Waals surface area contributed by atoms with E-state index in [-0.39, 0.29) is 24.9 Å². The van der Waals surface area contributed by atoms with Crippen molar-refractivity contribution in [1.82, 2.24) is 0 Å². The highest BCUT2D eigenvalue weighted by Gasteiger charge is 2.39. The zero-order valence-electron chi connectivity index (χ0n) is 16.2. The Labute approximate surface area is 176 Å². The first-order valence-corrected chi connectivity index (χ1v) is 10.2. The summed E-state index contributed by atoms with van der Waals surface area (Å²) in [5, 5.41) is 39.8. The van der Waals surface area contributed by atoms with Crippen molar-refractivity contribution in [3.63, 3.8) is 0 Å². The molecule has 160 valence electrons. The van der Waals surface area contributed by atoms with Crippen LogP contribution in [0.3, 0.4) is 0 Å². The molecule has 4 N–H and O–H groups in total. The van der Waals surface area contributed by atoms with E-state index >= 15 is 0 Å². The average Bonchev–Trinajstić information content (AvgIpc) is 2.93. The number of allylic oxidation sites excluding steroid dienone is 2. The molecule has 0 aliphatic heterocycles. The summed E-state index contributed by atoms with van der Waals surface area (Å²) in [6.07, 6.45) is 7.26. The van der Waals surface area contributed by atoms with Crippen molar-refractivity contribution in [1.29, 1.82) is 0 Å². The quantitative estimate of drug-likeness (QED) is 0.321. The number of hydrogen-bond acceptors (Lipinski definition) is 5. The Balaban J connectivity index is 1.83. The Morgan fingerprint density at radius 3 is 2.79 bits per heavy atom. The summed E-state index contributed by atoms with van der Waals surface area (Å²) in [5.74, 6) is -0.671. The summed E-state index contributed by atoms with van der Waals surface area (Å²) in [6.45, 7) is 0.0519. The Morgan fingerprint density at radius 1 is 1.28 bits per heavy atom. The summed E-state index contributed by atoms with van der Waals surface area (Å²) < 4.78 is 5.51. The Hall–Kier alpha value is -1.86. The number of aliphatic hydroxyl groups is 3. The fourth-order valence-corrected chi connectivity index (χ4v) is 3.68. The number of rotatable bonds is 11. The lowest BCUT2D eigenvalue weighted by Crippen LogP contribution is -2.21. The highest BCUT2D eigenvalue weighted by Crippen LogP contribution is 2.36. The van der Waals surface area contributed by atoms with Crippen molar-refractivity contribution in [2.24, 2.45) is 11.8 Å². The predicted molar refractivity (Wildman–Crippen MR) is 111 cm³/mol. The highest BCUT2D eigenvalue weighted by molar-refractivity contribution is 6.30. The van der Waals surface area contributed by atoms with E-state index in [9.17, 15) is 20.1 Å². The number of halogens is 1. The summed E-state index contributed by atoms with van der Waals surface area (Å²) in [5.41, 5.74) is 0. The van der Waals surface area contributed by atoms with Crippen molar-refractivity contribution >= 4 is 17.6 Å². The molecule has 2 rings (SSSR count). The van der Waals surface area contributed by atoms with Gasteiger partial charge >= 0.3 is 5.97 Å². The van der Waals surface area contributed by atoms with Gasteiger partial charge in [0.1, 0.15) is 18.5 Å². The Morgan fingerprint density at radius 2 is 2.07 bits per heavy atom. The molecule has 1 aliphatic rings. The summed E-state index contributed by atoms with van der Waals surface area (Å²) in [4.78, 5) is 10.5. The zero-order chi connectivity index (χ0) is 21.2. The molecule has 0 saturated heterocycles. The summed E-state index contributed by atoms with van der Waals surface area (Å²) in [6, 6.07) is 6.90. The lowest BCUT2D eigenvalue weighted by Gasteiger charge is -2.19. The van der Waals surface area contributed by atoms with Crippen LogP contribution in [0.4, 0.5) is 0 Å². The van der Waals surface area contributed by atoms with E-state index < -0.39 is 24.3 Å². The van der Waals surface area contributed by atoms with Crippen LogP contribution < -0.4 is 4.74 Å². The second-order valence-electron chi connectivity index (χ2n) is 7.33. The van der Waals surface area contributed by atoms with E-state index in [4.69, 9.17) is 21.4 Å². The van der Waals surface area contributed by atoms with Gasteiger partial charge in [0.25, 0.3) is 0 Å². The fraction of sp³-hybridized carbons (Fsp3) is 0.500. The second kappa shape index (κ2) is 12.0. The smallest absolute Gasteiger partial charge is 0.303 e. The van der Waals surface area contributed by atoms with Crippen LogP contribution in [0.2, 0.25) is 5.02 Å². The van der Waals surface area contributed by atoms with Crippen LogP contribution in [0.1, 0.15) is 32.1 Å². The normalized spacial score (nSPS) is 25.7. The van der Waals surface area contributed by atoms with Gasteiger partial charge in [-0.3, -0.25) is 4.79 Å². The lowest BCUT2D eigenvalue weighted by molar-refractivity contribution is -0.137. The van der Waals surface area contributed by atoms with E-state index in [0.717, 1.165) is 0 Å². The van der Waals surface area contributed by atoms with Crippen molar-refractivity contribution < 1.29 is 30.0 Å². The maximum atomic E-state index is 10.5. The van der Waals surface area contributed by atoms with Gasteiger partial charge in [-0.1, -0.05) is 42.0 Å². The minimum Gasteiger partial charge on any atom is -0.491 e. The van der Waals surface area contributed by atoms with Crippen LogP contribution >= 0.6 is 11.6 Å². The van der Waals surface area contributed by atoms with Crippen LogP contribution in [-0.4, -0.2) is 51.3 Å². The molecule has 29 heavy (non-hydrogen) atoms. The first-order valence-electron chi connectivity index (χ1n) is 9.84. The first-order chi connectivity index (χ1) is 13.9. The molecule has 0 aromatic heterocycles. The molecule has 0 unspecified atom stereocenters. The van der Waals surface area contributed by atoms with E-state index in [1.807, 2.05) is 12.2 Å². The average molecular weight is 425 g/mol. The van der Waals surface area contributed by atoms with Gasteiger partial charge in [-0.25, -0.2) is 0 Å². The van der Waals surface area contributed by atoms with Gasteiger partial charge in [0.05, 0.1) is 12.2 Å². The van der Waals surface area contributed by atoms with Crippen LogP contribution in [0.15, 0.2) is 48.6 Å². The third kappa shape index (κ3) is 8.19. The lowest BCUT2D eigenvalue weighted by atomic mass is 9.89. The minimum absolute atomic E-state index is 0.0519. The number of carboxylic acid groups (broad SMARTS) is 1. The molecule has 1 saturated carbocycles. The third-order valence-electron chi connectivity index (χ3n) is 5.02. The Kier molecular flexibility index (Phi) is 9.67. The maximum Gasteiger partial charge on any atom is 0.303 e. The van der Waals surface area contributed by atoms with Crippen LogP contribution in [0, 0.1) is 11.8 Å². The number of aliphatic hydroxyl groups excluding tert-OH is 3. The topological polar surface area (TPSA) is 107 Å². The summed E-state index contributed by atoms with van der Waals surface area (Å²) >= 11 is 5.90. The predicted octanol–water partition coefficient (Wildman–Crippen LogP) is 3.20. The van der Waals surface area contributed by atoms with Gasteiger partial charge in [-0.05, 0) is 43.4 Å². The fourth-order valence-electron chi connectivity index (χ4n) is 3.50. The van der Waals surface area contributed by atoms with Crippen molar-refractivity contribution in [2.45, 2.75) is 50.4 Å². The van der Waals surface area contributed by atoms with Crippen LogP contribution in [0.25, 0.3) is 0 Å². The molecule has 5 atom stereocenters. The number of ether oxygens (including phenoxy) is 1. The Bertz CT molecular complexity index is 704. The van der Waals surface area contributed by atoms with Gasteiger partial charge < -0.3 is 25.2 Å². The van der Waals surface area contributed by atoms with Gasteiger partial charge in [0.15, 0.2) is 0 Å². The standard InChI is InChI=1S/C22H29ClO6/c23-15-6-5-7-17(12-15)29-14-16(24)10-11-19-18(20(25)13-21(19)26)8-3-1-2-4-9-22(27)28/h1,3,5-7,10-12,16,18-21,24-26H,2,4,8-9,13-14H2,(H,27,28)/t16-,18-,19-,20+,21-/m1/s1. The molecule has 0 radical (unpaired) electrons. The molecule has 0 amide bonds. The van der Waals surface area contributed by atoms with Gasteiger partial charge in [-0.15, -0.1) is 0 Å². The highest BCUT2D eigenvalue weighted by atomic mass is 35.5. The molecular formula is C22H29ClO6.